The molecule has 0 aliphatic carbocycles. The Morgan fingerprint density at radius 1 is 1.44 bits per heavy atom. The van der Waals surface area contributed by atoms with Crippen LogP contribution >= 0.6 is 11.8 Å². The van der Waals surface area contributed by atoms with Gasteiger partial charge in [-0.1, -0.05) is 17.3 Å². The number of nitrogens with two attached hydrogens (primary N) is 1. The van der Waals surface area contributed by atoms with E-state index in [1.54, 1.807) is 18.2 Å². The van der Waals surface area contributed by atoms with Crippen molar-refractivity contribution in [3.8, 4) is 0 Å². The van der Waals surface area contributed by atoms with Crippen LogP contribution < -0.4 is 5.73 Å². The molecule has 0 saturated heterocycles. The van der Waals surface area contributed by atoms with Gasteiger partial charge in [0, 0.05) is 4.90 Å². The van der Waals surface area contributed by atoms with E-state index in [2.05, 4.69) is 10.1 Å². The molecule has 1 atom stereocenters. The lowest BCUT2D eigenvalue weighted by molar-refractivity contribution is 0.236. The zero-order valence-corrected chi connectivity index (χ0v) is 10.2. The van der Waals surface area contributed by atoms with Crippen molar-refractivity contribution >= 4 is 11.8 Å². The second-order valence-corrected chi connectivity index (χ2v) is 4.57. The van der Waals surface area contributed by atoms with Gasteiger partial charge in [-0.3, -0.25) is 0 Å². The van der Waals surface area contributed by atoms with E-state index in [1.807, 2.05) is 0 Å². The SMILES string of the molecule is N[C@@H](CO)c1nc(CSc2ccccc2F)no1. The number of thioether (sulfide) groups is 1. The van der Waals surface area contributed by atoms with Gasteiger partial charge in [-0.2, -0.15) is 4.98 Å². The van der Waals surface area contributed by atoms with Gasteiger partial charge >= 0.3 is 0 Å². The molecule has 96 valence electrons. The van der Waals surface area contributed by atoms with Crippen LogP contribution in [0.25, 0.3) is 0 Å². The summed E-state index contributed by atoms with van der Waals surface area (Å²) < 4.78 is 18.2. The summed E-state index contributed by atoms with van der Waals surface area (Å²) in [5.74, 6) is 0.699. The van der Waals surface area contributed by atoms with Gasteiger partial charge in [0.25, 0.3) is 0 Å². The van der Waals surface area contributed by atoms with E-state index in [0.717, 1.165) is 0 Å². The summed E-state index contributed by atoms with van der Waals surface area (Å²) in [6.07, 6.45) is 0. The molecule has 0 amide bonds. The van der Waals surface area contributed by atoms with Gasteiger partial charge in [-0.25, -0.2) is 4.39 Å². The van der Waals surface area contributed by atoms with Gasteiger partial charge in [0.1, 0.15) is 11.9 Å². The van der Waals surface area contributed by atoms with E-state index in [9.17, 15) is 4.39 Å². The minimum absolute atomic E-state index is 0.182. The Bertz CT molecular complexity index is 520. The molecule has 18 heavy (non-hydrogen) atoms. The fourth-order valence-corrected chi connectivity index (χ4v) is 2.04. The van der Waals surface area contributed by atoms with Gasteiger partial charge in [0.05, 0.1) is 12.4 Å². The van der Waals surface area contributed by atoms with Gasteiger partial charge in [0.15, 0.2) is 5.82 Å². The zero-order valence-electron chi connectivity index (χ0n) is 9.41. The molecule has 0 spiro atoms. The van der Waals surface area contributed by atoms with Crippen LogP contribution in [0.15, 0.2) is 33.7 Å². The van der Waals surface area contributed by atoms with Crippen LogP contribution in [0.4, 0.5) is 4.39 Å². The lowest BCUT2D eigenvalue weighted by Crippen LogP contribution is -2.14. The van der Waals surface area contributed by atoms with Crippen molar-refractivity contribution in [3.05, 3.63) is 41.8 Å². The van der Waals surface area contributed by atoms with Crippen LogP contribution in [-0.4, -0.2) is 21.9 Å². The van der Waals surface area contributed by atoms with E-state index in [0.29, 0.717) is 16.5 Å². The molecule has 3 N–H and O–H groups in total. The third-order valence-corrected chi connectivity index (χ3v) is 3.24. The van der Waals surface area contributed by atoms with Gasteiger partial charge in [-0.05, 0) is 12.1 Å². The maximum absolute atomic E-state index is 13.3. The van der Waals surface area contributed by atoms with Gasteiger partial charge in [0.2, 0.25) is 5.89 Å². The molecule has 1 aromatic heterocycles. The second-order valence-electron chi connectivity index (χ2n) is 3.56. The van der Waals surface area contributed by atoms with Crippen LogP contribution in [0.2, 0.25) is 0 Å². The van der Waals surface area contributed by atoms with Crippen LogP contribution in [0, 0.1) is 5.82 Å². The van der Waals surface area contributed by atoms with E-state index in [1.165, 1.54) is 17.8 Å². The van der Waals surface area contributed by atoms with Crippen molar-refractivity contribution in [2.75, 3.05) is 6.61 Å². The summed E-state index contributed by atoms with van der Waals surface area (Å²) in [5, 5.41) is 12.5. The van der Waals surface area contributed by atoms with Crippen molar-refractivity contribution in [2.24, 2.45) is 5.73 Å². The highest BCUT2D eigenvalue weighted by Gasteiger charge is 2.14. The summed E-state index contributed by atoms with van der Waals surface area (Å²) in [6, 6.07) is 5.79. The molecule has 2 aromatic rings. The molecule has 5 nitrogen and oxygen atoms in total. The van der Waals surface area contributed by atoms with Crippen LogP contribution in [0.3, 0.4) is 0 Å². The van der Waals surface area contributed by atoms with E-state index in [4.69, 9.17) is 15.4 Å². The predicted octanol–water partition coefficient (Wildman–Crippen LogP) is 1.49. The molecule has 7 heteroatoms. The Labute approximate surface area is 107 Å². The number of hydrogen-bond acceptors (Lipinski definition) is 6. The van der Waals surface area contributed by atoms with Gasteiger partial charge in [-0.15, -0.1) is 11.8 Å². The van der Waals surface area contributed by atoms with Crippen LogP contribution in [0.1, 0.15) is 17.8 Å². The zero-order chi connectivity index (χ0) is 13.0. The minimum atomic E-state index is -0.676. The number of halogens is 1. The normalized spacial score (nSPS) is 12.6. The molecule has 0 aliphatic heterocycles. The second kappa shape index (κ2) is 5.94. The number of nitrogens with zero attached hydrogens (tertiary/aromatic N) is 2. The fourth-order valence-electron chi connectivity index (χ4n) is 1.26. The van der Waals surface area contributed by atoms with Crippen LogP contribution in [0.5, 0.6) is 0 Å². The minimum Gasteiger partial charge on any atom is -0.394 e. The number of aromatic nitrogens is 2. The van der Waals surface area contributed by atoms with E-state index >= 15 is 0 Å². The first kappa shape index (κ1) is 13.0. The summed E-state index contributed by atoms with van der Waals surface area (Å²) in [7, 11) is 0. The molecular formula is C11H12FN3O2S. The summed E-state index contributed by atoms with van der Waals surface area (Å²) in [4.78, 5) is 4.54. The first-order valence-corrected chi connectivity index (χ1v) is 6.25. The molecule has 0 unspecified atom stereocenters. The van der Waals surface area contributed by atoms with Crippen molar-refractivity contribution in [1.82, 2.24) is 10.1 Å². The summed E-state index contributed by atoms with van der Waals surface area (Å²) in [5.41, 5.74) is 5.53. The number of rotatable bonds is 5. The highest BCUT2D eigenvalue weighted by molar-refractivity contribution is 7.98. The quantitative estimate of drug-likeness (QED) is 0.800. The molecule has 1 heterocycles. The van der Waals surface area contributed by atoms with Crippen molar-refractivity contribution < 1.29 is 14.0 Å². The number of aliphatic hydroxyl groups excluding tert-OH is 1. The molecular weight excluding hydrogens is 257 g/mol. The predicted molar refractivity (Wildman–Crippen MR) is 64.3 cm³/mol. The first-order valence-electron chi connectivity index (χ1n) is 5.27. The third-order valence-electron chi connectivity index (χ3n) is 2.19. The Balaban J connectivity index is 1.98. The molecule has 0 radical (unpaired) electrons. The largest absolute Gasteiger partial charge is 0.394 e. The Hall–Kier alpha value is -1.44. The maximum atomic E-state index is 13.3. The number of hydrogen-bond donors (Lipinski definition) is 2. The van der Waals surface area contributed by atoms with E-state index < -0.39 is 6.04 Å². The fraction of sp³-hybridized carbons (Fsp3) is 0.273. The average Bonchev–Trinajstić information content (AvgIpc) is 2.86. The molecule has 0 bridgehead atoms. The monoisotopic (exact) mass is 269 g/mol. The smallest absolute Gasteiger partial charge is 0.245 e. The van der Waals surface area contributed by atoms with Crippen LogP contribution in [-0.2, 0) is 5.75 Å². The van der Waals surface area contributed by atoms with Crippen molar-refractivity contribution in [1.29, 1.82) is 0 Å². The lowest BCUT2D eigenvalue weighted by Gasteiger charge is -2.00. The van der Waals surface area contributed by atoms with Crippen molar-refractivity contribution in [3.63, 3.8) is 0 Å². The van der Waals surface area contributed by atoms with Crippen molar-refractivity contribution in [2.45, 2.75) is 16.7 Å². The molecule has 1 aromatic carbocycles. The Morgan fingerprint density at radius 3 is 2.94 bits per heavy atom. The highest BCUT2D eigenvalue weighted by atomic mass is 32.2. The topological polar surface area (TPSA) is 85.2 Å². The number of benzene rings is 1. The van der Waals surface area contributed by atoms with E-state index in [-0.39, 0.29) is 18.3 Å². The lowest BCUT2D eigenvalue weighted by atomic mass is 10.3. The maximum Gasteiger partial charge on any atom is 0.245 e. The summed E-state index contributed by atoms with van der Waals surface area (Å²) >= 11 is 1.27. The summed E-state index contributed by atoms with van der Waals surface area (Å²) in [6.45, 7) is -0.262. The molecule has 0 aliphatic rings. The number of aliphatic hydroxyl groups is 1. The third kappa shape index (κ3) is 3.06. The molecule has 2 rings (SSSR count). The molecule has 0 fully saturated rings. The average molecular weight is 269 g/mol. The standard InChI is InChI=1S/C11H12FN3O2S/c12-7-3-1-2-4-9(7)18-6-10-14-11(17-15-10)8(13)5-16/h1-4,8,16H,5-6,13H2/t8-/m0/s1. The Kier molecular flexibility index (Phi) is 4.29. The first-order chi connectivity index (χ1) is 8.70. The van der Waals surface area contributed by atoms with Gasteiger partial charge < -0.3 is 15.4 Å². The Morgan fingerprint density at radius 2 is 2.22 bits per heavy atom. The highest BCUT2D eigenvalue weighted by Crippen LogP contribution is 2.24. The molecule has 0 saturated carbocycles.